The van der Waals surface area contributed by atoms with Gasteiger partial charge in [0.25, 0.3) is 0 Å². The summed E-state index contributed by atoms with van der Waals surface area (Å²) >= 11 is 0. The standard InChI is InChI=1S/C14H26N2O5/c1-4-11(3)16(10-13(18)19)9-12(17)15-8-6-7-14(20)21-5-2/h11H,4-10H2,1-3H3,(H,15,17)(H,18,19). The van der Waals surface area contributed by atoms with Crippen LogP contribution in [0.1, 0.15) is 40.0 Å². The van der Waals surface area contributed by atoms with Gasteiger partial charge in [0.2, 0.25) is 5.91 Å². The van der Waals surface area contributed by atoms with Gasteiger partial charge in [-0.3, -0.25) is 19.3 Å². The van der Waals surface area contributed by atoms with Gasteiger partial charge in [0.15, 0.2) is 0 Å². The van der Waals surface area contributed by atoms with Crippen molar-refractivity contribution in [2.45, 2.75) is 46.1 Å². The van der Waals surface area contributed by atoms with E-state index in [-0.39, 0.29) is 37.4 Å². The van der Waals surface area contributed by atoms with Crippen molar-refractivity contribution >= 4 is 17.8 Å². The molecule has 7 nitrogen and oxygen atoms in total. The third kappa shape index (κ3) is 9.84. The number of carboxylic acid groups (broad SMARTS) is 1. The highest BCUT2D eigenvalue weighted by atomic mass is 16.5. The molecule has 21 heavy (non-hydrogen) atoms. The number of amides is 1. The molecule has 2 N–H and O–H groups in total. The van der Waals surface area contributed by atoms with Crippen molar-refractivity contribution in [1.82, 2.24) is 10.2 Å². The molecular weight excluding hydrogens is 276 g/mol. The summed E-state index contributed by atoms with van der Waals surface area (Å²) in [6.07, 6.45) is 1.54. The molecule has 0 aromatic rings. The molecule has 0 fully saturated rings. The molecule has 0 rings (SSSR count). The maximum absolute atomic E-state index is 11.8. The molecule has 0 bridgehead atoms. The first-order chi connectivity index (χ1) is 9.90. The normalized spacial score (nSPS) is 12.0. The van der Waals surface area contributed by atoms with Crippen molar-refractivity contribution in [3.05, 3.63) is 0 Å². The van der Waals surface area contributed by atoms with Crippen molar-refractivity contribution in [2.24, 2.45) is 0 Å². The molecule has 7 heteroatoms. The lowest BCUT2D eigenvalue weighted by Gasteiger charge is -2.25. The van der Waals surface area contributed by atoms with E-state index in [0.717, 1.165) is 6.42 Å². The molecule has 0 aromatic heterocycles. The van der Waals surface area contributed by atoms with Crippen molar-refractivity contribution < 1.29 is 24.2 Å². The van der Waals surface area contributed by atoms with E-state index in [4.69, 9.17) is 9.84 Å². The molecule has 0 saturated heterocycles. The van der Waals surface area contributed by atoms with Gasteiger partial charge in [-0.05, 0) is 26.7 Å². The predicted molar refractivity (Wildman–Crippen MR) is 77.8 cm³/mol. The summed E-state index contributed by atoms with van der Waals surface area (Å²) in [7, 11) is 0. The lowest BCUT2D eigenvalue weighted by Crippen LogP contribution is -2.44. The number of ether oxygens (including phenoxy) is 1. The van der Waals surface area contributed by atoms with Crippen molar-refractivity contribution in [3.8, 4) is 0 Å². The molecule has 1 atom stereocenters. The van der Waals surface area contributed by atoms with Gasteiger partial charge in [-0.25, -0.2) is 0 Å². The summed E-state index contributed by atoms with van der Waals surface area (Å²) in [6, 6.07) is 0.0198. The lowest BCUT2D eigenvalue weighted by atomic mass is 10.2. The highest BCUT2D eigenvalue weighted by Gasteiger charge is 2.18. The van der Waals surface area contributed by atoms with Gasteiger partial charge in [-0.2, -0.15) is 0 Å². The number of hydrogen-bond donors (Lipinski definition) is 2. The fourth-order valence-corrected chi connectivity index (χ4v) is 1.73. The maximum Gasteiger partial charge on any atom is 0.317 e. The molecule has 0 aliphatic heterocycles. The lowest BCUT2D eigenvalue weighted by molar-refractivity contribution is -0.143. The first-order valence-electron chi connectivity index (χ1n) is 7.28. The number of nitrogens with one attached hydrogen (secondary N) is 1. The Morgan fingerprint density at radius 1 is 1.24 bits per heavy atom. The average Bonchev–Trinajstić information content (AvgIpc) is 2.41. The van der Waals surface area contributed by atoms with Gasteiger partial charge in [0.1, 0.15) is 0 Å². The molecule has 0 spiro atoms. The van der Waals surface area contributed by atoms with Crippen LogP contribution in [0.3, 0.4) is 0 Å². The van der Waals surface area contributed by atoms with Gasteiger partial charge in [0, 0.05) is 19.0 Å². The first-order valence-corrected chi connectivity index (χ1v) is 7.28. The molecule has 122 valence electrons. The predicted octanol–water partition coefficient (Wildman–Crippen LogP) is 0.631. The second kappa shape index (κ2) is 11.1. The second-order valence-electron chi connectivity index (χ2n) is 4.81. The third-order valence-electron chi connectivity index (χ3n) is 3.08. The average molecular weight is 302 g/mol. The van der Waals surface area contributed by atoms with Gasteiger partial charge < -0.3 is 15.2 Å². The van der Waals surface area contributed by atoms with Crippen LogP contribution < -0.4 is 5.32 Å². The second-order valence-corrected chi connectivity index (χ2v) is 4.81. The summed E-state index contributed by atoms with van der Waals surface area (Å²) in [5, 5.41) is 11.5. The van der Waals surface area contributed by atoms with Crippen LogP contribution in [0.15, 0.2) is 0 Å². The smallest absolute Gasteiger partial charge is 0.317 e. The van der Waals surface area contributed by atoms with Crippen molar-refractivity contribution in [2.75, 3.05) is 26.2 Å². The molecule has 1 amide bonds. The molecule has 1 unspecified atom stereocenters. The zero-order chi connectivity index (χ0) is 16.3. The maximum atomic E-state index is 11.8. The molecule has 0 heterocycles. The van der Waals surface area contributed by atoms with Crippen LogP contribution in [-0.4, -0.2) is 60.1 Å². The zero-order valence-corrected chi connectivity index (χ0v) is 13.1. The minimum atomic E-state index is -0.953. The molecule has 0 radical (unpaired) electrons. The fourth-order valence-electron chi connectivity index (χ4n) is 1.73. The van der Waals surface area contributed by atoms with E-state index in [1.807, 2.05) is 13.8 Å². The number of rotatable bonds is 11. The molecule has 0 aliphatic carbocycles. The largest absolute Gasteiger partial charge is 0.480 e. The summed E-state index contributed by atoms with van der Waals surface area (Å²) in [5.41, 5.74) is 0. The Balaban J connectivity index is 4.03. The molecule has 0 aromatic carbocycles. The number of hydrogen-bond acceptors (Lipinski definition) is 5. The van der Waals surface area contributed by atoms with Gasteiger partial charge in [0.05, 0.1) is 19.7 Å². The van der Waals surface area contributed by atoms with E-state index >= 15 is 0 Å². The highest BCUT2D eigenvalue weighted by molar-refractivity contribution is 5.79. The Kier molecular flexibility index (Phi) is 10.2. The van der Waals surface area contributed by atoms with E-state index < -0.39 is 5.97 Å². The van der Waals surface area contributed by atoms with E-state index in [1.165, 1.54) is 0 Å². The monoisotopic (exact) mass is 302 g/mol. The van der Waals surface area contributed by atoms with Crippen LogP contribution >= 0.6 is 0 Å². The van der Waals surface area contributed by atoms with Crippen molar-refractivity contribution in [1.29, 1.82) is 0 Å². The number of carbonyl (C=O) groups excluding carboxylic acids is 2. The topological polar surface area (TPSA) is 95.9 Å². The SMILES string of the molecule is CCOC(=O)CCCNC(=O)CN(CC(=O)O)C(C)CC. The Hall–Kier alpha value is -1.63. The molecule has 0 aliphatic rings. The molecular formula is C14H26N2O5. The third-order valence-corrected chi connectivity index (χ3v) is 3.08. The number of carboxylic acids is 1. The number of esters is 1. The first kappa shape index (κ1) is 19.4. The highest BCUT2D eigenvalue weighted by Crippen LogP contribution is 2.02. The Morgan fingerprint density at radius 2 is 1.90 bits per heavy atom. The summed E-state index contributed by atoms with van der Waals surface area (Å²) in [6.45, 7) is 6.18. The van der Waals surface area contributed by atoms with Crippen LogP contribution in [0.2, 0.25) is 0 Å². The minimum Gasteiger partial charge on any atom is -0.480 e. The Bertz CT molecular complexity index is 346. The van der Waals surface area contributed by atoms with Gasteiger partial charge in [-0.1, -0.05) is 6.92 Å². The van der Waals surface area contributed by atoms with Crippen LogP contribution in [0.4, 0.5) is 0 Å². The molecule has 0 saturated carbocycles. The number of aliphatic carboxylic acids is 1. The van der Waals surface area contributed by atoms with E-state index in [2.05, 4.69) is 5.32 Å². The van der Waals surface area contributed by atoms with Crippen LogP contribution in [0.5, 0.6) is 0 Å². The number of carbonyl (C=O) groups is 3. The fraction of sp³-hybridized carbons (Fsp3) is 0.786. The van der Waals surface area contributed by atoms with E-state index in [9.17, 15) is 14.4 Å². The quantitative estimate of drug-likeness (QED) is 0.429. The Morgan fingerprint density at radius 3 is 2.43 bits per heavy atom. The van der Waals surface area contributed by atoms with Crippen LogP contribution in [0.25, 0.3) is 0 Å². The van der Waals surface area contributed by atoms with E-state index in [0.29, 0.717) is 19.6 Å². The Labute approximate surface area is 125 Å². The zero-order valence-electron chi connectivity index (χ0n) is 13.1. The van der Waals surface area contributed by atoms with Crippen LogP contribution in [0, 0.1) is 0 Å². The van der Waals surface area contributed by atoms with E-state index in [1.54, 1.807) is 11.8 Å². The van der Waals surface area contributed by atoms with Crippen molar-refractivity contribution in [3.63, 3.8) is 0 Å². The summed E-state index contributed by atoms with van der Waals surface area (Å²) in [4.78, 5) is 35.3. The summed E-state index contributed by atoms with van der Waals surface area (Å²) < 4.78 is 4.78. The summed E-state index contributed by atoms with van der Waals surface area (Å²) in [5.74, 6) is -1.47. The minimum absolute atomic E-state index is 0.0198. The van der Waals surface area contributed by atoms with Crippen LogP contribution in [-0.2, 0) is 19.1 Å². The van der Waals surface area contributed by atoms with Gasteiger partial charge in [-0.15, -0.1) is 0 Å². The van der Waals surface area contributed by atoms with Gasteiger partial charge >= 0.3 is 11.9 Å². The number of nitrogens with zero attached hydrogens (tertiary/aromatic N) is 1.